The lowest BCUT2D eigenvalue weighted by Gasteiger charge is -2.06. The monoisotopic (exact) mass is 306 g/mol. The van der Waals surface area contributed by atoms with Gasteiger partial charge in [0.2, 0.25) is 0 Å². The van der Waals surface area contributed by atoms with Crippen LogP contribution in [0.1, 0.15) is 77.0 Å². The summed E-state index contributed by atoms with van der Waals surface area (Å²) < 4.78 is 5.69. The van der Waals surface area contributed by atoms with Crippen molar-refractivity contribution in [1.82, 2.24) is 0 Å². The van der Waals surface area contributed by atoms with Gasteiger partial charge in [0.25, 0.3) is 0 Å². The molecule has 126 valence electrons. The smallest absolute Gasteiger partial charge is 0.119 e. The van der Waals surface area contributed by atoms with Gasteiger partial charge in [-0.3, -0.25) is 0 Å². The Hall–Kier alpha value is -1.02. The molecule has 0 saturated heterocycles. The van der Waals surface area contributed by atoms with Crippen LogP contribution in [-0.2, 0) is 0 Å². The number of unbranched alkanes of at least 4 members (excludes halogenated alkanes) is 11. The average molecular weight is 306 g/mol. The molecule has 2 nitrogen and oxygen atoms in total. The summed E-state index contributed by atoms with van der Waals surface area (Å²) in [7, 11) is 0. The third kappa shape index (κ3) is 11.6. The van der Waals surface area contributed by atoms with Crippen molar-refractivity contribution in [2.75, 3.05) is 13.2 Å². The van der Waals surface area contributed by atoms with Crippen LogP contribution in [0.5, 0.6) is 5.75 Å². The van der Waals surface area contributed by atoms with E-state index < -0.39 is 0 Å². The maximum Gasteiger partial charge on any atom is 0.119 e. The first kappa shape index (κ1) is 19.0. The molecule has 2 heteroatoms. The van der Waals surface area contributed by atoms with E-state index in [0.717, 1.165) is 18.8 Å². The van der Waals surface area contributed by atoms with E-state index in [9.17, 15) is 0 Å². The Bertz CT molecular complexity index is 324. The Morgan fingerprint density at radius 1 is 0.591 bits per heavy atom. The number of ether oxygens (including phenoxy) is 1. The maximum atomic E-state index is 8.69. The Kier molecular flexibility index (Phi) is 12.9. The quantitative estimate of drug-likeness (QED) is 0.419. The summed E-state index contributed by atoms with van der Waals surface area (Å²) in [5.74, 6) is 0.987. The lowest BCUT2D eigenvalue weighted by atomic mass is 10.1. The molecule has 0 aromatic heterocycles. The molecule has 0 atom stereocenters. The molecule has 0 saturated carbocycles. The molecule has 0 aliphatic carbocycles. The number of aliphatic hydroxyl groups is 1. The zero-order valence-corrected chi connectivity index (χ0v) is 14.1. The van der Waals surface area contributed by atoms with E-state index in [0.29, 0.717) is 6.61 Å². The number of para-hydroxylation sites is 1. The van der Waals surface area contributed by atoms with Gasteiger partial charge in [0.15, 0.2) is 0 Å². The minimum atomic E-state index is 0.358. The van der Waals surface area contributed by atoms with Gasteiger partial charge in [-0.25, -0.2) is 0 Å². The normalized spacial score (nSPS) is 10.8. The highest BCUT2D eigenvalue weighted by atomic mass is 16.5. The molecule has 0 radical (unpaired) electrons. The van der Waals surface area contributed by atoms with Gasteiger partial charge < -0.3 is 9.84 Å². The summed E-state index contributed by atoms with van der Waals surface area (Å²) in [5, 5.41) is 8.69. The second-order valence-electron chi connectivity index (χ2n) is 6.13. The van der Waals surface area contributed by atoms with Gasteiger partial charge in [-0.1, -0.05) is 82.4 Å². The molecule has 0 amide bonds. The van der Waals surface area contributed by atoms with Gasteiger partial charge >= 0.3 is 0 Å². The van der Waals surface area contributed by atoms with E-state index >= 15 is 0 Å². The molecule has 22 heavy (non-hydrogen) atoms. The zero-order chi connectivity index (χ0) is 15.7. The van der Waals surface area contributed by atoms with Gasteiger partial charge in [-0.2, -0.15) is 0 Å². The van der Waals surface area contributed by atoms with Crippen molar-refractivity contribution in [1.29, 1.82) is 0 Å². The molecule has 1 rings (SSSR count). The Balaban J connectivity index is 1.73. The van der Waals surface area contributed by atoms with Gasteiger partial charge in [-0.15, -0.1) is 0 Å². The van der Waals surface area contributed by atoms with Crippen molar-refractivity contribution in [2.24, 2.45) is 0 Å². The SMILES string of the molecule is OCCCCCCCCCCCCCCOc1ccccc1. The van der Waals surface area contributed by atoms with Crippen LogP contribution in [0.4, 0.5) is 0 Å². The molecule has 0 spiro atoms. The summed E-state index contributed by atoms with van der Waals surface area (Å²) in [6.07, 6.45) is 15.5. The van der Waals surface area contributed by atoms with Crippen molar-refractivity contribution >= 4 is 0 Å². The first-order valence-electron chi connectivity index (χ1n) is 9.22. The predicted molar refractivity (Wildman–Crippen MR) is 94.4 cm³/mol. The van der Waals surface area contributed by atoms with Crippen LogP contribution in [0.2, 0.25) is 0 Å². The van der Waals surface area contributed by atoms with E-state index in [4.69, 9.17) is 9.84 Å². The van der Waals surface area contributed by atoms with Crippen LogP contribution < -0.4 is 4.74 Å². The van der Waals surface area contributed by atoms with Crippen molar-refractivity contribution in [3.05, 3.63) is 30.3 Å². The van der Waals surface area contributed by atoms with E-state index in [-0.39, 0.29) is 0 Å². The second kappa shape index (κ2) is 14.9. The van der Waals surface area contributed by atoms with Crippen LogP contribution in [0.3, 0.4) is 0 Å². The van der Waals surface area contributed by atoms with Gasteiger partial charge in [0.05, 0.1) is 6.61 Å². The first-order valence-corrected chi connectivity index (χ1v) is 9.22. The molecule has 0 bridgehead atoms. The van der Waals surface area contributed by atoms with Crippen LogP contribution in [-0.4, -0.2) is 18.3 Å². The summed E-state index contributed by atoms with van der Waals surface area (Å²) >= 11 is 0. The fourth-order valence-corrected chi connectivity index (χ4v) is 2.69. The Morgan fingerprint density at radius 3 is 1.55 bits per heavy atom. The summed E-state index contributed by atoms with van der Waals surface area (Å²) in [6.45, 7) is 1.20. The minimum absolute atomic E-state index is 0.358. The Morgan fingerprint density at radius 2 is 1.05 bits per heavy atom. The molecular formula is C20H34O2. The zero-order valence-electron chi connectivity index (χ0n) is 14.1. The lowest BCUT2D eigenvalue weighted by molar-refractivity contribution is 0.282. The highest BCUT2D eigenvalue weighted by Gasteiger charge is 1.95. The van der Waals surface area contributed by atoms with E-state index in [1.807, 2.05) is 30.3 Å². The van der Waals surface area contributed by atoms with Crippen molar-refractivity contribution < 1.29 is 9.84 Å². The summed E-state index contributed by atoms with van der Waals surface area (Å²) in [4.78, 5) is 0. The highest BCUT2D eigenvalue weighted by Crippen LogP contribution is 2.13. The van der Waals surface area contributed by atoms with Gasteiger partial charge in [0, 0.05) is 6.61 Å². The molecule has 0 fully saturated rings. The van der Waals surface area contributed by atoms with Crippen molar-refractivity contribution in [3.8, 4) is 5.75 Å². The third-order valence-electron chi connectivity index (χ3n) is 4.06. The Labute approximate surface area is 136 Å². The number of hydrogen-bond acceptors (Lipinski definition) is 2. The molecule has 0 aliphatic heterocycles. The van der Waals surface area contributed by atoms with Crippen molar-refractivity contribution in [3.63, 3.8) is 0 Å². The van der Waals surface area contributed by atoms with Crippen LogP contribution >= 0.6 is 0 Å². The maximum absolute atomic E-state index is 8.69. The molecule has 0 heterocycles. The van der Waals surface area contributed by atoms with Gasteiger partial charge in [-0.05, 0) is 25.0 Å². The molecule has 1 N–H and O–H groups in total. The topological polar surface area (TPSA) is 29.5 Å². The number of hydrogen-bond donors (Lipinski definition) is 1. The van der Waals surface area contributed by atoms with Crippen molar-refractivity contribution in [2.45, 2.75) is 77.0 Å². The lowest BCUT2D eigenvalue weighted by Crippen LogP contribution is -1.96. The van der Waals surface area contributed by atoms with E-state index in [2.05, 4.69) is 0 Å². The summed E-state index contributed by atoms with van der Waals surface area (Å²) in [6, 6.07) is 10.1. The fourth-order valence-electron chi connectivity index (χ4n) is 2.69. The van der Waals surface area contributed by atoms with Gasteiger partial charge in [0.1, 0.15) is 5.75 Å². The minimum Gasteiger partial charge on any atom is -0.494 e. The molecule has 1 aromatic rings. The highest BCUT2D eigenvalue weighted by molar-refractivity contribution is 5.20. The standard InChI is InChI=1S/C20H34O2/c21-18-14-9-7-5-3-1-2-4-6-8-10-15-19-22-20-16-12-11-13-17-20/h11-13,16-17,21H,1-10,14-15,18-19H2. The molecule has 0 aliphatic rings. The predicted octanol–water partition coefficient (Wildman–Crippen LogP) is 5.74. The molecular weight excluding hydrogens is 272 g/mol. The average Bonchev–Trinajstić information content (AvgIpc) is 2.56. The van der Waals surface area contributed by atoms with Crippen LogP contribution in [0.25, 0.3) is 0 Å². The van der Waals surface area contributed by atoms with Crippen LogP contribution in [0.15, 0.2) is 30.3 Å². The molecule has 1 aromatic carbocycles. The third-order valence-corrected chi connectivity index (χ3v) is 4.06. The summed E-state index contributed by atoms with van der Waals surface area (Å²) in [5.41, 5.74) is 0. The number of benzene rings is 1. The van der Waals surface area contributed by atoms with E-state index in [1.54, 1.807) is 0 Å². The first-order chi connectivity index (χ1) is 10.9. The second-order valence-corrected chi connectivity index (χ2v) is 6.13. The van der Waals surface area contributed by atoms with Crippen LogP contribution in [0, 0.1) is 0 Å². The largest absolute Gasteiger partial charge is 0.494 e. The fraction of sp³-hybridized carbons (Fsp3) is 0.700. The van der Waals surface area contributed by atoms with E-state index in [1.165, 1.54) is 70.6 Å². The molecule has 0 unspecified atom stereocenters. The number of rotatable bonds is 15. The number of aliphatic hydroxyl groups excluding tert-OH is 1.